The van der Waals surface area contributed by atoms with E-state index in [-0.39, 0.29) is 0 Å². The SMILES string of the molecule is O=C(C(O)CO)[C@H](O[C@@H]1O[C@H](CO)[C@@H](O)[C@H](O)[C@H]1O)[C@H](O)CO. The molecule has 1 rings (SSSR count). The Labute approximate surface area is 130 Å². The molecule has 0 aliphatic carbocycles. The lowest BCUT2D eigenvalue weighted by Gasteiger charge is -2.41. The Morgan fingerprint density at radius 3 is 2.09 bits per heavy atom. The zero-order valence-electron chi connectivity index (χ0n) is 12.0. The van der Waals surface area contributed by atoms with Gasteiger partial charge in [-0.05, 0) is 0 Å². The van der Waals surface area contributed by atoms with Crippen molar-refractivity contribution in [2.45, 2.75) is 49.0 Å². The number of ketones is 1. The number of carbonyl (C=O) groups is 1. The van der Waals surface area contributed by atoms with E-state index in [0.717, 1.165) is 0 Å². The van der Waals surface area contributed by atoms with Crippen molar-refractivity contribution in [3.05, 3.63) is 0 Å². The Hall–Kier alpha value is -0.730. The Kier molecular flexibility index (Phi) is 7.89. The highest BCUT2D eigenvalue weighted by Crippen LogP contribution is 2.24. The summed E-state index contributed by atoms with van der Waals surface area (Å²) in [6, 6.07) is 0. The van der Waals surface area contributed by atoms with Crippen molar-refractivity contribution >= 4 is 5.78 Å². The first-order chi connectivity index (χ1) is 10.8. The van der Waals surface area contributed by atoms with E-state index in [1.165, 1.54) is 0 Å². The van der Waals surface area contributed by atoms with Crippen LogP contribution in [0.2, 0.25) is 0 Å². The predicted octanol–water partition coefficient (Wildman–Crippen LogP) is -5.55. The minimum Gasteiger partial charge on any atom is -0.394 e. The molecule has 0 aromatic heterocycles. The van der Waals surface area contributed by atoms with Gasteiger partial charge in [-0.15, -0.1) is 0 Å². The molecule has 23 heavy (non-hydrogen) atoms. The summed E-state index contributed by atoms with van der Waals surface area (Å²) in [6.07, 6.45) is -13.9. The third-order valence-corrected chi connectivity index (χ3v) is 3.45. The third-order valence-electron chi connectivity index (χ3n) is 3.45. The first-order valence-electron chi connectivity index (χ1n) is 6.86. The Morgan fingerprint density at radius 1 is 1.00 bits per heavy atom. The smallest absolute Gasteiger partial charge is 0.195 e. The van der Waals surface area contributed by atoms with Crippen LogP contribution in [-0.2, 0) is 14.3 Å². The van der Waals surface area contributed by atoms with Gasteiger partial charge in [0.15, 0.2) is 12.1 Å². The summed E-state index contributed by atoms with van der Waals surface area (Å²) in [6.45, 7) is -2.64. The summed E-state index contributed by atoms with van der Waals surface area (Å²) in [7, 11) is 0. The maximum absolute atomic E-state index is 11.8. The fourth-order valence-corrected chi connectivity index (χ4v) is 2.05. The highest BCUT2D eigenvalue weighted by Gasteiger charge is 2.46. The van der Waals surface area contributed by atoms with Gasteiger partial charge in [0.05, 0.1) is 19.8 Å². The van der Waals surface area contributed by atoms with Gasteiger partial charge in [-0.1, -0.05) is 0 Å². The molecule has 1 fully saturated rings. The molecule has 1 saturated heterocycles. The Balaban J connectivity index is 2.91. The predicted molar refractivity (Wildman–Crippen MR) is 69.8 cm³/mol. The molecule has 1 aliphatic heterocycles. The summed E-state index contributed by atoms with van der Waals surface area (Å²) in [5.41, 5.74) is 0. The van der Waals surface area contributed by atoms with Crippen LogP contribution in [0.4, 0.5) is 0 Å². The number of rotatable bonds is 8. The van der Waals surface area contributed by atoms with Crippen molar-refractivity contribution in [1.29, 1.82) is 0 Å². The van der Waals surface area contributed by atoms with Gasteiger partial charge < -0.3 is 50.3 Å². The minimum atomic E-state index is -1.91. The topological polar surface area (TPSA) is 197 Å². The van der Waals surface area contributed by atoms with Crippen LogP contribution in [0, 0.1) is 0 Å². The van der Waals surface area contributed by atoms with Gasteiger partial charge in [-0.3, -0.25) is 4.79 Å². The third kappa shape index (κ3) is 4.64. The fraction of sp³-hybridized carbons (Fsp3) is 0.917. The van der Waals surface area contributed by atoms with Crippen molar-refractivity contribution in [2.75, 3.05) is 19.8 Å². The number of aliphatic hydroxyl groups is 8. The second-order valence-corrected chi connectivity index (χ2v) is 5.10. The van der Waals surface area contributed by atoms with E-state index in [0.29, 0.717) is 0 Å². The van der Waals surface area contributed by atoms with Crippen molar-refractivity contribution in [3.8, 4) is 0 Å². The molecule has 0 spiro atoms. The molecule has 11 nitrogen and oxygen atoms in total. The molecule has 136 valence electrons. The summed E-state index contributed by atoms with van der Waals surface area (Å²) in [5.74, 6) is -1.19. The quantitative estimate of drug-likeness (QED) is 0.209. The van der Waals surface area contributed by atoms with Gasteiger partial charge in [0.1, 0.15) is 42.7 Å². The van der Waals surface area contributed by atoms with Crippen molar-refractivity contribution < 1.29 is 55.1 Å². The van der Waals surface area contributed by atoms with E-state index in [2.05, 4.69) is 0 Å². The van der Waals surface area contributed by atoms with Gasteiger partial charge in [0.25, 0.3) is 0 Å². The van der Waals surface area contributed by atoms with E-state index in [9.17, 15) is 30.3 Å². The lowest BCUT2D eigenvalue weighted by molar-refractivity contribution is -0.314. The van der Waals surface area contributed by atoms with E-state index >= 15 is 0 Å². The van der Waals surface area contributed by atoms with Crippen LogP contribution in [-0.4, -0.2) is 115 Å². The van der Waals surface area contributed by atoms with Crippen molar-refractivity contribution in [1.82, 2.24) is 0 Å². The Morgan fingerprint density at radius 2 is 1.61 bits per heavy atom. The number of hydrogen-bond donors (Lipinski definition) is 8. The van der Waals surface area contributed by atoms with Gasteiger partial charge in [-0.2, -0.15) is 0 Å². The number of Topliss-reactive ketones (excluding diaryl/α,β-unsaturated/α-hetero) is 1. The highest BCUT2D eigenvalue weighted by molar-refractivity contribution is 5.87. The average Bonchev–Trinajstić information content (AvgIpc) is 2.57. The lowest BCUT2D eigenvalue weighted by atomic mass is 9.99. The van der Waals surface area contributed by atoms with E-state index < -0.39 is 74.6 Å². The first kappa shape index (κ1) is 20.3. The standard InChI is InChI=1S/C12H22O11/c13-1-4(16)7(18)11(5(17)2-14)23-12-10(21)9(20)8(19)6(3-15)22-12/h4-6,8-17,19-21H,1-3H2/t4?,5-,6-,8-,9+,10-,11-,12+/m1/s1. The van der Waals surface area contributed by atoms with Crippen LogP contribution in [0.25, 0.3) is 0 Å². The molecule has 0 bridgehead atoms. The fourth-order valence-electron chi connectivity index (χ4n) is 2.05. The van der Waals surface area contributed by atoms with Gasteiger partial charge in [0.2, 0.25) is 0 Å². The zero-order chi connectivity index (χ0) is 17.7. The molecule has 8 N–H and O–H groups in total. The van der Waals surface area contributed by atoms with Crippen LogP contribution in [0.15, 0.2) is 0 Å². The number of hydrogen-bond acceptors (Lipinski definition) is 11. The molecule has 1 unspecified atom stereocenters. The molecule has 0 aromatic carbocycles. The maximum Gasteiger partial charge on any atom is 0.195 e. The van der Waals surface area contributed by atoms with E-state index in [1.54, 1.807) is 0 Å². The highest BCUT2D eigenvalue weighted by atomic mass is 16.7. The molecule has 1 heterocycles. The molecule has 0 saturated carbocycles. The summed E-state index contributed by atoms with van der Waals surface area (Å²) in [5, 5.41) is 74.7. The molecule has 0 amide bonds. The van der Waals surface area contributed by atoms with Crippen molar-refractivity contribution in [3.63, 3.8) is 0 Å². The van der Waals surface area contributed by atoms with E-state index in [1.807, 2.05) is 0 Å². The largest absolute Gasteiger partial charge is 0.394 e. The van der Waals surface area contributed by atoms with Gasteiger partial charge >= 0.3 is 0 Å². The average molecular weight is 342 g/mol. The second kappa shape index (κ2) is 8.94. The maximum atomic E-state index is 11.8. The van der Waals surface area contributed by atoms with Crippen molar-refractivity contribution in [2.24, 2.45) is 0 Å². The normalized spacial score (nSPS) is 35.6. The van der Waals surface area contributed by atoms with E-state index in [4.69, 9.17) is 24.8 Å². The first-order valence-corrected chi connectivity index (χ1v) is 6.86. The Bertz CT molecular complexity index is 376. The van der Waals surface area contributed by atoms with Crippen LogP contribution < -0.4 is 0 Å². The monoisotopic (exact) mass is 342 g/mol. The van der Waals surface area contributed by atoms with Gasteiger partial charge in [0, 0.05) is 0 Å². The molecule has 8 atom stereocenters. The molecular weight excluding hydrogens is 320 g/mol. The van der Waals surface area contributed by atoms with Crippen LogP contribution in [0.5, 0.6) is 0 Å². The van der Waals surface area contributed by atoms with Crippen LogP contribution >= 0.6 is 0 Å². The number of carbonyl (C=O) groups excluding carboxylic acids is 1. The summed E-state index contributed by atoms with van der Waals surface area (Å²) < 4.78 is 10.0. The van der Waals surface area contributed by atoms with Gasteiger partial charge in [-0.25, -0.2) is 0 Å². The number of ether oxygens (including phenoxy) is 2. The molecule has 1 aliphatic rings. The minimum absolute atomic E-state index is 0.731. The molecular formula is C12H22O11. The molecule has 0 aromatic rings. The van der Waals surface area contributed by atoms with Crippen LogP contribution in [0.1, 0.15) is 0 Å². The van der Waals surface area contributed by atoms with Crippen LogP contribution in [0.3, 0.4) is 0 Å². The lowest BCUT2D eigenvalue weighted by Crippen LogP contribution is -2.61. The summed E-state index contributed by atoms with van der Waals surface area (Å²) in [4.78, 5) is 11.8. The second-order valence-electron chi connectivity index (χ2n) is 5.10. The zero-order valence-corrected chi connectivity index (χ0v) is 12.0. The summed E-state index contributed by atoms with van der Waals surface area (Å²) >= 11 is 0. The molecule has 0 radical (unpaired) electrons. The number of aliphatic hydroxyl groups excluding tert-OH is 8. The molecule has 11 heteroatoms.